The van der Waals surface area contributed by atoms with E-state index in [1.165, 1.54) is 12.1 Å². The first kappa shape index (κ1) is 17.1. The lowest BCUT2D eigenvalue weighted by Gasteiger charge is -2.31. The molecule has 1 N–H and O–H groups in total. The predicted octanol–water partition coefficient (Wildman–Crippen LogP) is 4.47. The van der Waals surface area contributed by atoms with Crippen molar-refractivity contribution in [2.75, 3.05) is 5.88 Å². The van der Waals surface area contributed by atoms with E-state index < -0.39 is 6.36 Å². The zero-order chi connectivity index (χ0) is 15.2. The molecule has 6 heteroatoms. The first-order valence-corrected chi connectivity index (χ1v) is 7.03. The summed E-state index contributed by atoms with van der Waals surface area (Å²) in [5.41, 5.74) is 0.749. The average molecular weight is 310 g/mol. The predicted molar refractivity (Wildman–Crippen MR) is 74.0 cm³/mol. The van der Waals surface area contributed by atoms with Gasteiger partial charge in [-0.15, -0.1) is 24.8 Å². The van der Waals surface area contributed by atoms with Gasteiger partial charge in [-0.1, -0.05) is 26.0 Å². The molecule has 0 bridgehead atoms. The summed E-state index contributed by atoms with van der Waals surface area (Å²) >= 11 is 5.98. The summed E-state index contributed by atoms with van der Waals surface area (Å²) in [4.78, 5) is 0. The molecule has 0 amide bonds. The SMILES string of the molecule is CCC(CC)(CCl)NCc1ccc(OC(F)(F)F)cc1. The Labute approximate surface area is 122 Å². The van der Waals surface area contributed by atoms with Crippen LogP contribution in [-0.4, -0.2) is 17.8 Å². The molecule has 1 aromatic rings. The maximum atomic E-state index is 12.0. The normalized spacial score (nSPS) is 12.5. The van der Waals surface area contributed by atoms with Gasteiger partial charge in [0.2, 0.25) is 0 Å². The van der Waals surface area contributed by atoms with Crippen LogP contribution in [0.3, 0.4) is 0 Å². The highest BCUT2D eigenvalue weighted by atomic mass is 35.5. The van der Waals surface area contributed by atoms with Crippen LogP contribution in [0.25, 0.3) is 0 Å². The zero-order valence-electron chi connectivity index (χ0n) is 11.6. The van der Waals surface area contributed by atoms with E-state index in [2.05, 4.69) is 23.9 Å². The maximum Gasteiger partial charge on any atom is 0.573 e. The Kier molecular flexibility index (Phi) is 6.14. The molecule has 0 fully saturated rings. The van der Waals surface area contributed by atoms with Crippen molar-refractivity contribution >= 4 is 11.6 Å². The molecule has 0 saturated carbocycles. The fraction of sp³-hybridized carbons (Fsp3) is 0.571. The standard InChI is InChI=1S/C14H19ClF3NO/c1-3-13(4-2,10-15)19-9-11-5-7-12(8-6-11)20-14(16,17)18/h5-8,19H,3-4,9-10H2,1-2H3. The van der Waals surface area contributed by atoms with E-state index in [-0.39, 0.29) is 11.3 Å². The van der Waals surface area contributed by atoms with Crippen LogP contribution >= 0.6 is 11.6 Å². The maximum absolute atomic E-state index is 12.0. The molecule has 0 radical (unpaired) electrons. The highest BCUT2D eigenvalue weighted by Crippen LogP contribution is 2.23. The van der Waals surface area contributed by atoms with Gasteiger partial charge < -0.3 is 10.1 Å². The first-order chi connectivity index (χ1) is 9.34. The Hall–Kier alpha value is -0.940. The van der Waals surface area contributed by atoms with Gasteiger partial charge in [0, 0.05) is 18.0 Å². The minimum Gasteiger partial charge on any atom is -0.406 e. The summed E-state index contributed by atoms with van der Waals surface area (Å²) in [5, 5.41) is 3.37. The molecule has 20 heavy (non-hydrogen) atoms. The van der Waals surface area contributed by atoms with E-state index in [4.69, 9.17) is 11.6 Å². The van der Waals surface area contributed by atoms with Crippen LogP contribution in [0.5, 0.6) is 5.75 Å². The van der Waals surface area contributed by atoms with Gasteiger partial charge in [-0.3, -0.25) is 0 Å². The Morgan fingerprint density at radius 3 is 2.05 bits per heavy atom. The topological polar surface area (TPSA) is 21.3 Å². The third-order valence-corrected chi connectivity index (χ3v) is 3.95. The largest absolute Gasteiger partial charge is 0.573 e. The van der Waals surface area contributed by atoms with Gasteiger partial charge >= 0.3 is 6.36 Å². The van der Waals surface area contributed by atoms with Crippen LogP contribution in [-0.2, 0) is 6.54 Å². The third kappa shape index (κ3) is 5.21. The smallest absolute Gasteiger partial charge is 0.406 e. The van der Waals surface area contributed by atoms with Gasteiger partial charge in [-0.2, -0.15) is 0 Å². The van der Waals surface area contributed by atoms with Crippen molar-refractivity contribution in [3.63, 3.8) is 0 Å². The lowest BCUT2D eigenvalue weighted by molar-refractivity contribution is -0.274. The molecular formula is C14H19ClF3NO. The van der Waals surface area contributed by atoms with E-state index >= 15 is 0 Å². The first-order valence-electron chi connectivity index (χ1n) is 6.50. The summed E-state index contributed by atoms with van der Waals surface area (Å²) in [6.45, 7) is 4.67. The van der Waals surface area contributed by atoms with E-state index in [1.807, 2.05) is 0 Å². The average Bonchev–Trinajstić information content (AvgIpc) is 2.41. The van der Waals surface area contributed by atoms with Crippen molar-refractivity contribution in [3.05, 3.63) is 29.8 Å². The lowest BCUT2D eigenvalue weighted by Crippen LogP contribution is -2.45. The number of ether oxygens (including phenoxy) is 1. The van der Waals surface area contributed by atoms with Crippen molar-refractivity contribution < 1.29 is 17.9 Å². The molecule has 1 aromatic carbocycles. The number of hydrogen-bond donors (Lipinski definition) is 1. The number of hydrogen-bond acceptors (Lipinski definition) is 2. The lowest BCUT2D eigenvalue weighted by atomic mass is 9.95. The Morgan fingerprint density at radius 1 is 1.10 bits per heavy atom. The molecule has 0 saturated heterocycles. The van der Waals surface area contributed by atoms with Crippen LogP contribution in [0.4, 0.5) is 13.2 Å². The molecule has 2 nitrogen and oxygen atoms in total. The van der Waals surface area contributed by atoms with Crippen molar-refractivity contribution in [3.8, 4) is 5.75 Å². The number of rotatable bonds is 7. The molecular weight excluding hydrogens is 291 g/mol. The van der Waals surface area contributed by atoms with Gasteiger partial charge in [-0.25, -0.2) is 0 Å². The summed E-state index contributed by atoms with van der Waals surface area (Å²) < 4.78 is 39.9. The van der Waals surface area contributed by atoms with Crippen LogP contribution in [0.1, 0.15) is 32.3 Å². The minimum atomic E-state index is -4.65. The van der Waals surface area contributed by atoms with E-state index in [0.29, 0.717) is 12.4 Å². The molecule has 0 aromatic heterocycles. The molecule has 1 rings (SSSR count). The highest BCUT2D eigenvalue weighted by Gasteiger charge is 2.31. The van der Waals surface area contributed by atoms with Crippen LogP contribution in [0.2, 0.25) is 0 Å². The molecule has 0 atom stereocenters. The fourth-order valence-corrected chi connectivity index (χ4v) is 2.31. The quantitative estimate of drug-likeness (QED) is 0.750. The fourth-order valence-electron chi connectivity index (χ4n) is 1.83. The molecule has 0 aliphatic heterocycles. The zero-order valence-corrected chi connectivity index (χ0v) is 12.3. The van der Waals surface area contributed by atoms with Gasteiger partial charge in [0.05, 0.1) is 0 Å². The Morgan fingerprint density at radius 2 is 1.65 bits per heavy atom. The summed E-state index contributed by atoms with van der Waals surface area (Å²) in [7, 11) is 0. The van der Waals surface area contributed by atoms with Crippen LogP contribution in [0, 0.1) is 0 Å². The van der Waals surface area contributed by atoms with Crippen LogP contribution < -0.4 is 10.1 Å². The summed E-state index contributed by atoms with van der Waals surface area (Å²) in [6.07, 6.45) is -2.87. The number of nitrogens with one attached hydrogen (secondary N) is 1. The Balaban J connectivity index is 2.62. The monoisotopic (exact) mass is 309 g/mol. The molecule has 0 spiro atoms. The molecule has 0 aliphatic rings. The molecule has 0 unspecified atom stereocenters. The van der Waals surface area contributed by atoms with E-state index in [9.17, 15) is 13.2 Å². The van der Waals surface area contributed by atoms with Crippen molar-refractivity contribution in [2.24, 2.45) is 0 Å². The minimum absolute atomic E-state index is 0.136. The Bertz CT molecular complexity index is 394. The second-order valence-electron chi connectivity index (χ2n) is 4.67. The third-order valence-electron chi connectivity index (χ3n) is 3.43. The number of halogens is 4. The highest BCUT2D eigenvalue weighted by molar-refractivity contribution is 6.18. The van der Waals surface area contributed by atoms with E-state index in [1.54, 1.807) is 12.1 Å². The van der Waals surface area contributed by atoms with Gasteiger partial charge in [-0.05, 0) is 30.5 Å². The second-order valence-corrected chi connectivity index (χ2v) is 4.93. The van der Waals surface area contributed by atoms with Crippen molar-refractivity contribution in [1.82, 2.24) is 5.32 Å². The summed E-state index contributed by atoms with van der Waals surface area (Å²) in [5.74, 6) is 0.283. The van der Waals surface area contributed by atoms with Crippen molar-refractivity contribution in [2.45, 2.75) is 45.1 Å². The number of alkyl halides is 4. The number of benzene rings is 1. The van der Waals surface area contributed by atoms with Gasteiger partial charge in [0.15, 0.2) is 0 Å². The van der Waals surface area contributed by atoms with Crippen molar-refractivity contribution in [1.29, 1.82) is 0 Å². The molecule has 0 aliphatic carbocycles. The van der Waals surface area contributed by atoms with Gasteiger partial charge in [0.1, 0.15) is 5.75 Å². The van der Waals surface area contributed by atoms with Crippen LogP contribution in [0.15, 0.2) is 24.3 Å². The van der Waals surface area contributed by atoms with Gasteiger partial charge in [0.25, 0.3) is 0 Å². The second kappa shape index (κ2) is 7.18. The molecule has 0 heterocycles. The molecule has 114 valence electrons. The van der Waals surface area contributed by atoms with E-state index in [0.717, 1.165) is 18.4 Å². The summed E-state index contributed by atoms with van der Waals surface area (Å²) in [6, 6.07) is 5.84.